The first-order valence-corrected chi connectivity index (χ1v) is 9.33. The molecule has 2 heterocycles. The van der Waals surface area contributed by atoms with Gasteiger partial charge in [0.15, 0.2) is 0 Å². The summed E-state index contributed by atoms with van der Waals surface area (Å²) in [6, 6.07) is 10.7. The van der Waals surface area contributed by atoms with Crippen LogP contribution < -0.4 is 0 Å². The Morgan fingerprint density at radius 2 is 2.08 bits per heavy atom. The lowest BCUT2D eigenvalue weighted by Gasteiger charge is -2.25. The van der Waals surface area contributed by atoms with Crippen LogP contribution in [0.25, 0.3) is 0 Å². The molecule has 2 aromatic rings. The van der Waals surface area contributed by atoms with Gasteiger partial charge in [-0.2, -0.15) is 0 Å². The number of likely N-dealkylation sites (tertiary alicyclic amines) is 1. The summed E-state index contributed by atoms with van der Waals surface area (Å²) in [7, 11) is 0. The molecule has 25 heavy (non-hydrogen) atoms. The second-order valence-corrected chi connectivity index (χ2v) is 7.38. The van der Waals surface area contributed by atoms with Crippen molar-refractivity contribution < 1.29 is 4.79 Å². The highest BCUT2D eigenvalue weighted by atomic mass is 16.2. The Kier molecular flexibility index (Phi) is 5.84. The smallest absolute Gasteiger partial charge is 0.223 e. The van der Waals surface area contributed by atoms with Gasteiger partial charge in [0.2, 0.25) is 5.91 Å². The van der Waals surface area contributed by atoms with Crippen molar-refractivity contribution in [1.82, 2.24) is 19.7 Å². The normalized spacial score (nSPS) is 17.4. The van der Waals surface area contributed by atoms with Crippen LogP contribution in [0, 0.1) is 5.92 Å². The fraction of sp³-hybridized carbons (Fsp3) is 0.550. The van der Waals surface area contributed by atoms with E-state index in [4.69, 9.17) is 0 Å². The number of rotatable bonds is 7. The van der Waals surface area contributed by atoms with Crippen molar-refractivity contribution in [2.75, 3.05) is 6.54 Å². The summed E-state index contributed by atoms with van der Waals surface area (Å²) in [5.74, 6) is 1.73. The molecule has 1 aromatic heterocycles. The van der Waals surface area contributed by atoms with Gasteiger partial charge in [-0.05, 0) is 30.7 Å². The van der Waals surface area contributed by atoms with E-state index in [1.807, 2.05) is 6.07 Å². The Labute approximate surface area is 150 Å². The van der Waals surface area contributed by atoms with Gasteiger partial charge in [0.05, 0.1) is 6.54 Å². The van der Waals surface area contributed by atoms with Crippen LogP contribution >= 0.6 is 0 Å². The lowest BCUT2D eigenvalue weighted by atomic mass is 10.1. The molecule has 1 aliphatic heterocycles. The fourth-order valence-electron chi connectivity index (χ4n) is 3.61. The highest BCUT2D eigenvalue weighted by molar-refractivity contribution is 5.77. The van der Waals surface area contributed by atoms with Gasteiger partial charge < -0.3 is 9.47 Å². The van der Waals surface area contributed by atoms with Crippen LogP contribution in [0.1, 0.15) is 50.9 Å². The van der Waals surface area contributed by atoms with E-state index in [9.17, 15) is 4.79 Å². The third-order valence-corrected chi connectivity index (χ3v) is 4.87. The molecule has 1 aliphatic rings. The van der Waals surface area contributed by atoms with Gasteiger partial charge in [0.1, 0.15) is 12.2 Å². The van der Waals surface area contributed by atoms with E-state index in [1.54, 1.807) is 6.33 Å². The summed E-state index contributed by atoms with van der Waals surface area (Å²) in [5, 5.41) is 8.39. The van der Waals surface area contributed by atoms with E-state index in [1.165, 1.54) is 5.56 Å². The molecular formula is C20H28N4O. The lowest BCUT2D eigenvalue weighted by molar-refractivity contribution is -0.132. The molecule has 0 spiro atoms. The van der Waals surface area contributed by atoms with E-state index >= 15 is 0 Å². The molecule has 0 radical (unpaired) electrons. The van der Waals surface area contributed by atoms with Crippen LogP contribution in [0.4, 0.5) is 0 Å². The standard InChI is InChI=1S/C20H28N4O/c1-16(2)13-20(25)24-12-6-9-18(24)10-11-19-22-21-15-23(19)14-17-7-4-3-5-8-17/h3-5,7-8,15-16,18H,6,9-14H2,1-2H3. The van der Waals surface area contributed by atoms with Gasteiger partial charge in [0.25, 0.3) is 0 Å². The van der Waals surface area contributed by atoms with Crippen LogP contribution in [0.5, 0.6) is 0 Å². The molecule has 1 atom stereocenters. The summed E-state index contributed by atoms with van der Waals surface area (Å²) < 4.78 is 2.12. The molecule has 1 aromatic carbocycles. The number of aromatic nitrogens is 3. The topological polar surface area (TPSA) is 51.0 Å². The zero-order valence-electron chi connectivity index (χ0n) is 15.3. The Morgan fingerprint density at radius 3 is 2.84 bits per heavy atom. The molecular weight excluding hydrogens is 312 g/mol. The Morgan fingerprint density at radius 1 is 1.28 bits per heavy atom. The first-order chi connectivity index (χ1) is 12.1. The molecule has 0 saturated carbocycles. The van der Waals surface area contributed by atoms with Crippen LogP contribution in [-0.2, 0) is 17.8 Å². The molecule has 0 bridgehead atoms. The van der Waals surface area contributed by atoms with Crippen LogP contribution in [0.2, 0.25) is 0 Å². The van der Waals surface area contributed by atoms with Crippen molar-refractivity contribution in [3.05, 3.63) is 48.0 Å². The fourth-order valence-corrected chi connectivity index (χ4v) is 3.61. The first-order valence-electron chi connectivity index (χ1n) is 9.33. The molecule has 1 fully saturated rings. The van der Waals surface area contributed by atoms with Crippen LogP contribution in [0.3, 0.4) is 0 Å². The number of carbonyl (C=O) groups is 1. The largest absolute Gasteiger partial charge is 0.340 e. The Bertz CT molecular complexity index is 680. The van der Waals surface area contributed by atoms with Gasteiger partial charge in [-0.1, -0.05) is 44.2 Å². The highest BCUT2D eigenvalue weighted by Gasteiger charge is 2.28. The van der Waals surface area contributed by atoms with Crippen LogP contribution in [-0.4, -0.2) is 38.2 Å². The molecule has 3 rings (SSSR count). The van der Waals surface area contributed by atoms with Gasteiger partial charge >= 0.3 is 0 Å². The predicted molar refractivity (Wildman–Crippen MR) is 98.1 cm³/mol. The minimum Gasteiger partial charge on any atom is -0.340 e. The van der Waals surface area contributed by atoms with Crippen LogP contribution in [0.15, 0.2) is 36.7 Å². The number of carbonyl (C=O) groups excluding carboxylic acids is 1. The monoisotopic (exact) mass is 340 g/mol. The van der Waals surface area contributed by atoms with E-state index in [0.717, 1.165) is 44.6 Å². The molecule has 0 aliphatic carbocycles. The van der Waals surface area contributed by atoms with Crippen molar-refractivity contribution in [1.29, 1.82) is 0 Å². The summed E-state index contributed by atoms with van der Waals surface area (Å²) in [6.07, 6.45) is 6.52. The number of aryl methyl sites for hydroxylation is 1. The Balaban J connectivity index is 1.58. The van der Waals surface area contributed by atoms with E-state index < -0.39 is 0 Å². The van der Waals surface area contributed by atoms with Crippen molar-refractivity contribution in [3.8, 4) is 0 Å². The number of hydrogen-bond donors (Lipinski definition) is 0. The quantitative estimate of drug-likeness (QED) is 0.777. The third-order valence-electron chi connectivity index (χ3n) is 4.87. The maximum Gasteiger partial charge on any atom is 0.223 e. The first kappa shape index (κ1) is 17.6. The lowest BCUT2D eigenvalue weighted by Crippen LogP contribution is -2.36. The van der Waals surface area contributed by atoms with E-state index in [2.05, 4.69) is 57.8 Å². The molecule has 134 valence electrons. The molecule has 5 nitrogen and oxygen atoms in total. The maximum atomic E-state index is 12.4. The number of amides is 1. The maximum absolute atomic E-state index is 12.4. The van der Waals surface area contributed by atoms with Gasteiger partial charge in [0, 0.05) is 25.4 Å². The Hall–Kier alpha value is -2.17. The van der Waals surface area contributed by atoms with Crippen molar-refractivity contribution in [3.63, 3.8) is 0 Å². The zero-order valence-corrected chi connectivity index (χ0v) is 15.3. The van der Waals surface area contributed by atoms with Crippen molar-refractivity contribution in [2.24, 2.45) is 5.92 Å². The molecule has 1 saturated heterocycles. The second-order valence-electron chi connectivity index (χ2n) is 7.38. The predicted octanol–water partition coefficient (Wildman–Crippen LogP) is 3.30. The average Bonchev–Trinajstić information content (AvgIpc) is 3.22. The van der Waals surface area contributed by atoms with E-state index in [-0.39, 0.29) is 0 Å². The second kappa shape index (κ2) is 8.28. The number of benzene rings is 1. The summed E-state index contributed by atoms with van der Waals surface area (Å²) in [6.45, 7) is 5.92. The molecule has 5 heteroatoms. The van der Waals surface area contributed by atoms with Gasteiger partial charge in [-0.15, -0.1) is 10.2 Å². The molecule has 1 amide bonds. The van der Waals surface area contributed by atoms with Crippen molar-refractivity contribution in [2.45, 2.75) is 58.5 Å². The zero-order chi connectivity index (χ0) is 17.6. The minimum absolute atomic E-state index is 0.309. The van der Waals surface area contributed by atoms with E-state index in [0.29, 0.717) is 24.3 Å². The number of hydrogen-bond acceptors (Lipinski definition) is 3. The molecule has 0 N–H and O–H groups in total. The summed E-state index contributed by atoms with van der Waals surface area (Å²) in [4.78, 5) is 14.5. The SMILES string of the molecule is CC(C)CC(=O)N1CCCC1CCc1nncn1Cc1ccccc1. The highest BCUT2D eigenvalue weighted by Crippen LogP contribution is 2.23. The molecule has 1 unspecified atom stereocenters. The van der Waals surface area contributed by atoms with Crippen molar-refractivity contribution >= 4 is 5.91 Å². The average molecular weight is 340 g/mol. The summed E-state index contributed by atoms with van der Waals surface area (Å²) >= 11 is 0. The third kappa shape index (κ3) is 4.68. The summed E-state index contributed by atoms with van der Waals surface area (Å²) in [5.41, 5.74) is 1.25. The minimum atomic E-state index is 0.309. The van der Waals surface area contributed by atoms with Gasteiger partial charge in [-0.3, -0.25) is 4.79 Å². The van der Waals surface area contributed by atoms with Gasteiger partial charge in [-0.25, -0.2) is 0 Å². The number of nitrogens with zero attached hydrogens (tertiary/aromatic N) is 4.